The van der Waals surface area contributed by atoms with Crippen LogP contribution in [0.15, 0.2) is 42.0 Å². The Balaban J connectivity index is 1.44. The van der Waals surface area contributed by atoms with Crippen LogP contribution in [0, 0.1) is 0 Å². The standard InChI is InChI=1S/C16H15F2N3O2S/c17-15(18)23-13-4-1-11(2-5-13)3-6-14(22)19-9-12-10-21-7-8-24-16(21)20-12/h1-2,4-5,7-8,10,15H,3,6,9H2,(H,19,22). The maximum Gasteiger partial charge on any atom is 0.387 e. The van der Waals surface area contributed by atoms with Crippen molar-refractivity contribution in [3.63, 3.8) is 0 Å². The third-order valence-corrected chi connectivity index (χ3v) is 4.17. The van der Waals surface area contributed by atoms with Crippen molar-refractivity contribution in [2.75, 3.05) is 0 Å². The van der Waals surface area contributed by atoms with Crippen LogP contribution < -0.4 is 10.1 Å². The number of alkyl halides is 2. The predicted molar refractivity (Wildman–Crippen MR) is 86.3 cm³/mol. The minimum Gasteiger partial charge on any atom is -0.435 e. The lowest BCUT2D eigenvalue weighted by Crippen LogP contribution is -2.23. The molecule has 5 nitrogen and oxygen atoms in total. The van der Waals surface area contributed by atoms with Gasteiger partial charge in [-0.3, -0.25) is 9.20 Å². The van der Waals surface area contributed by atoms with Crippen molar-refractivity contribution >= 4 is 22.2 Å². The van der Waals surface area contributed by atoms with E-state index in [0.29, 0.717) is 19.4 Å². The van der Waals surface area contributed by atoms with Crippen LogP contribution in [0.1, 0.15) is 17.7 Å². The smallest absolute Gasteiger partial charge is 0.387 e. The Bertz CT molecular complexity index is 786. The van der Waals surface area contributed by atoms with Crippen LogP contribution in [0.5, 0.6) is 5.75 Å². The Morgan fingerprint density at radius 3 is 2.83 bits per heavy atom. The van der Waals surface area contributed by atoms with Gasteiger partial charge in [0, 0.05) is 24.2 Å². The quantitative estimate of drug-likeness (QED) is 0.711. The fourth-order valence-corrected chi connectivity index (χ4v) is 2.95. The van der Waals surface area contributed by atoms with Crippen LogP contribution in [0.4, 0.5) is 8.78 Å². The number of aromatic nitrogens is 2. The summed E-state index contributed by atoms with van der Waals surface area (Å²) in [5.41, 5.74) is 1.69. The van der Waals surface area contributed by atoms with E-state index in [0.717, 1.165) is 16.2 Å². The number of fused-ring (bicyclic) bond motifs is 1. The molecule has 0 radical (unpaired) electrons. The monoisotopic (exact) mass is 351 g/mol. The highest BCUT2D eigenvalue weighted by molar-refractivity contribution is 7.15. The van der Waals surface area contributed by atoms with Gasteiger partial charge in [0.1, 0.15) is 5.75 Å². The number of ether oxygens (including phenoxy) is 1. The van der Waals surface area contributed by atoms with Crippen molar-refractivity contribution in [3.8, 4) is 5.75 Å². The number of amides is 1. The third-order valence-electron chi connectivity index (χ3n) is 3.40. The molecule has 3 aromatic rings. The summed E-state index contributed by atoms with van der Waals surface area (Å²) < 4.78 is 30.3. The second kappa shape index (κ2) is 7.39. The molecule has 0 aliphatic carbocycles. The number of hydrogen-bond donors (Lipinski definition) is 1. The molecule has 2 heterocycles. The summed E-state index contributed by atoms with van der Waals surface area (Å²) >= 11 is 1.54. The van der Waals surface area contributed by atoms with Gasteiger partial charge in [-0.2, -0.15) is 8.78 Å². The molecule has 2 aromatic heterocycles. The highest BCUT2D eigenvalue weighted by Gasteiger charge is 2.07. The minimum atomic E-state index is -2.83. The van der Waals surface area contributed by atoms with Crippen molar-refractivity contribution < 1.29 is 18.3 Å². The van der Waals surface area contributed by atoms with Gasteiger partial charge in [0.15, 0.2) is 4.96 Å². The van der Waals surface area contributed by atoms with Gasteiger partial charge in [-0.25, -0.2) is 4.98 Å². The first-order valence-corrected chi connectivity index (χ1v) is 8.19. The molecule has 0 atom stereocenters. The SMILES string of the molecule is O=C(CCc1ccc(OC(F)F)cc1)NCc1cn2ccsc2n1. The predicted octanol–water partition coefficient (Wildman–Crippen LogP) is 3.25. The number of rotatable bonds is 7. The van der Waals surface area contributed by atoms with Crippen LogP contribution in [0.3, 0.4) is 0 Å². The number of imidazole rings is 1. The average Bonchev–Trinajstić information content (AvgIpc) is 3.13. The number of aryl methyl sites for hydroxylation is 1. The summed E-state index contributed by atoms with van der Waals surface area (Å²) in [4.78, 5) is 17.2. The van der Waals surface area contributed by atoms with E-state index in [1.807, 2.05) is 22.2 Å². The highest BCUT2D eigenvalue weighted by atomic mass is 32.1. The number of carbonyl (C=O) groups is 1. The molecule has 0 saturated carbocycles. The summed E-state index contributed by atoms with van der Waals surface area (Å²) in [5, 5.41) is 4.77. The van der Waals surface area contributed by atoms with E-state index in [4.69, 9.17) is 0 Å². The van der Waals surface area contributed by atoms with Gasteiger partial charge in [-0.05, 0) is 24.1 Å². The van der Waals surface area contributed by atoms with Crippen molar-refractivity contribution in [3.05, 3.63) is 53.3 Å². The van der Waals surface area contributed by atoms with E-state index in [1.165, 1.54) is 23.5 Å². The first-order valence-electron chi connectivity index (χ1n) is 7.32. The van der Waals surface area contributed by atoms with E-state index < -0.39 is 6.61 Å². The fourth-order valence-electron chi connectivity index (χ4n) is 2.23. The summed E-state index contributed by atoms with van der Waals surface area (Å²) in [6, 6.07) is 6.29. The molecule has 1 amide bonds. The summed E-state index contributed by atoms with van der Waals surface area (Å²) in [6.45, 7) is -2.45. The van der Waals surface area contributed by atoms with E-state index in [9.17, 15) is 13.6 Å². The Morgan fingerprint density at radius 2 is 2.12 bits per heavy atom. The van der Waals surface area contributed by atoms with Crippen LogP contribution >= 0.6 is 11.3 Å². The topological polar surface area (TPSA) is 55.6 Å². The number of hydrogen-bond acceptors (Lipinski definition) is 4. The average molecular weight is 351 g/mol. The number of nitrogens with one attached hydrogen (secondary N) is 1. The maximum absolute atomic E-state index is 12.1. The zero-order chi connectivity index (χ0) is 16.9. The zero-order valence-corrected chi connectivity index (χ0v) is 13.4. The lowest BCUT2D eigenvalue weighted by molar-refractivity contribution is -0.121. The molecular formula is C16H15F2N3O2S. The molecule has 0 aliphatic rings. The van der Waals surface area contributed by atoms with E-state index in [-0.39, 0.29) is 11.7 Å². The second-order valence-corrected chi connectivity index (χ2v) is 6.00. The molecule has 0 unspecified atom stereocenters. The van der Waals surface area contributed by atoms with Crippen LogP contribution in [0.2, 0.25) is 0 Å². The van der Waals surface area contributed by atoms with Gasteiger partial charge in [0.05, 0.1) is 12.2 Å². The van der Waals surface area contributed by atoms with Crippen molar-refractivity contribution in [2.24, 2.45) is 0 Å². The van der Waals surface area contributed by atoms with Gasteiger partial charge in [0.25, 0.3) is 0 Å². The van der Waals surface area contributed by atoms with Crippen molar-refractivity contribution in [1.82, 2.24) is 14.7 Å². The summed E-state index contributed by atoms with van der Waals surface area (Å²) in [7, 11) is 0. The van der Waals surface area contributed by atoms with Gasteiger partial charge in [0.2, 0.25) is 5.91 Å². The van der Waals surface area contributed by atoms with Crippen LogP contribution in [-0.4, -0.2) is 21.9 Å². The Kier molecular flexibility index (Phi) is 5.05. The molecular weight excluding hydrogens is 336 g/mol. The van der Waals surface area contributed by atoms with E-state index in [2.05, 4.69) is 15.0 Å². The largest absolute Gasteiger partial charge is 0.435 e. The molecule has 1 N–H and O–H groups in total. The van der Waals surface area contributed by atoms with Gasteiger partial charge in [-0.1, -0.05) is 12.1 Å². The second-order valence-electron chi connectivity index (χ2n) is 5.12. The number of nitrogens with zero attached hydrogens (tertiary/aromatic N) is 2. The van der Waals surface area contributed by atoms with Gasteiger partial charge in [-0.15, -0.1) is 11.3 Å². The Labute approximate surface area is 140 Å². The molecule has 0 fully saturated rings. The number of benzene rings is 1. The van der Waals surface area contributed by atoms with Crippen LogP contribution in [0.25, 0.3) is 4.96 Å². The van der Waals surface area contributed by atoms with Crippen molar-refractivity contribution in [1.29, 1.82) is 0 Å². The maximum atomic E-state index is 12.1. The highest BCUT2D eigenvalue weighted by Crippen LogP contribution is 2.16. The van der Waals surface area contributed by atoms with E-state index >= 15 is 0 Å². The lowest BCUT2D eigenvalue weighted by Gasteiger charge is -2.06. The number of thiazole rings is 1. The third kappa shape index (κ3) is 4.29. The Morgan fingerprint density at radius 1 is 1.33 bits per heavy atom. The first kappa shape index (κ1) is 16.4. The number of halogens is 2. The Hall–Kier alpha value is -2.48. The minimum absolute atomic E-state index is 0.0840. The molecule has 0 aliphatic heterocycles. The fraction of sp³-hybridized carbons (Fsp3) is 0.250. The lowest BCUT2D eigenvalue weighted by atomic mass is 10.1. The molecule has 24 heavy (non-hydrogen) atoms. The zero-order valence-electron chi connectivity index (χ0n) is 12.6. The summed E-state index contributed by atoms with van der Waals surface area (Å²) in [6.07, 6.45) is 4.64. The molecule has 0 spiro atoms. The molecule has 126 valence electrons. The number of carbonyl (C=O) groups excluding carboxylic acids is 1. The van der Waals surface area contributed by atoms with E-state index in [1.54, 1.807) is 12.1 Å². The molecule has 0 saturated heterocycles. The summed E-state index contributed by atoms with van der Waals surface area (Å²) in [5.74, 6) is 0.0252. The first-order chi connectivity index (χ1) is 11.6. The molecule has 1 aromatic carbocycles. The van der Waals surface area contributed by atoms with Gasteiger partial charge >= 0.3 is 6.61 Å². The van der Waals surface area contributed by atoms with Crippen molar-refractivity contribution in [2.45, 2.75) is 26.0 Å². The molecule has 3 rings (SSSR count). The van der Waals surface area contributed by atoms with Gasteiger partial charge < -0.3 is 10.1 Å². The van der Waals surface area contributed by atoms with Crippen LogP contribution in [-0.2, 0) is 17.8 Å². The molecule has 8 heteroatoms. The normalized spacial score (nSPS) is 11.1. The molecule has 0 bridgehead atoms.